The van der Waals surface area contributed by atoms with Crippen molar-refractivity contribution in [3.05, 3.63) is 158 Å². The third-order valence-electron chi connectivity index (χ3n) is 9.08. The van der Waals surface area contributed by atoms with E-state index in [4.69, 9.17) is 18.2 Å². The van der Waals surface area contributed by atoms with E-state index in [1.54, 1.807) is 0 Å². The van der Waals surface area contributed by atoms with Gasteiger partial charge in [-0.2, -0.15) is 0 Å². The summed E-state index contributed by atoms with van der Waals surface area (Å²) in [5.41, 5.74) is 11.1. The molecule has 7 aromatic carbocycles. The highest BCUT2D eigenvalue weighted by atomic mass is 16.4. The Hall–Kier alpha value is -6.59. The van der Waals surface area contributed by atoms with Gasteiger partial charge in [0.2, 0.25) is 5.89 Å². The molecule has 0 atom stereocenters. The molecule has 3 heterocycles. The molecule has 0 N–H and O–H groups in total. The number of hydrogen-bond acceptors (Lipinski definition) is 5. The average Bonchev–Trinajstić information content (AvgIpc) is 3.85. The molecule has 48 heavy (non-hydrogen) atoms. The zero-order valence-corrected chi connectivity index (χ0v) is 25.6. The van der Waals surface area contributed by atoms with E-state index in [9.17, 15) is 0 Å². The molecule has 0 unspecified atom stereocenters. The molecule has 0 amide bonds. The van der Waals surface area contributed by atoms with Crippen LogP contribution in [0.2, 0.25) is 0 Å². The number of aromatic nitrogens is 1. The van der Waals surface area contributed by atoms with E-state index < -0.39 is 0 Å². The Morgan fingerprint density at radius 1 is 0.396 bits per heavy atom. The summed E-state index contributed by atoms with van der Waals surface area (Å²) in [6.07, 6.45) is 0. The third-order valence-corrected chi connectivity index (χ3v) is 9.08. The molecule has 0 fully saturated rings. The molecule has 0 saturated heterocycles. The lowest BCUT2D eigenvalue weighted by Crippen LogP contribution is -2.09. The van der Waals surface area contributed by atoms with Crippen LogP contribution in [0.4, 0.5) is 17.1 Å². The van der Waals surface area contributed by atoms with E-state index in [1.807, 2.05) is 60.7 Å². The van der Waals surface area contributed by atoms with Crippen molar-refractivity contribution in [1.29, 1.82) is 0 Å². The van der Waals surface area contributed by atoms with Crippen LogP contribution in [0.3, 0.4) is 0 Å². The van der Waals surface area contributed by atoms with E-state index >= 15 is 0 Å². The number of furan rings is 2. The van der Waals surface area contributed by atoms with E-state index in [0.29, 0.717) is 5.89 Å². The number of rotatable bonds is 5. The normalized spacial score (nSPS) is 11.8. The van der Waals surface area contributed by atoms with Gasteiger partial charge in [-0.05, 0) is 96.1 Å². The van der Waals surface area contributed by atoms with Gasteiger partial charge < -0.3 is 18.2 Å². The Bertz CT molecular complexity index is 2790. The van der Waals surface area contributed by atoms with Crippen molar-refractivity contribution in [2.75, 3.05) is 4.90 Å². The minimum atomic E-state index is 0.601. The number of anilines is 3. The zero-order chi connectivity index (χ0) is 31.6. The van der Waals surface area contributed by atoms with E-state index in [-0.39, 0.29) is 0 Å². The van der Waals surface area contributed by atoms with Crippen molar-refractivity contribution in [2.24, 2.45) is 0 Å². The maximum atomic E-state index is 6.42. The second-order valence-electron chi connectivity index (χ2n) is 12.0. The van der Waals surface area contributed by atoms with Gasteiger partial charge in [0.1, 0.15) is 27.8 Å². The first-order chi connectivity index (χ1) is 23.8. The summed E-state index contributed by atoms with van der Waals surface area (Å²) < 4.78 is 18.9. The van der Waals surface area contributed by atoms with Crippen molar-refractivity contribution < 1.29 is 13.3 Å². The lowest BCUT2D eigenvalue weighted by atomic mass is 10.0. The lowest BCUT2D eigenvalue weighted by molar-refractivity contribution is 0.622. The van der Waals surface area contributed by atoms with Crippen LogP contribution in [0.1, 0.15) is 0 Å². The van der Waals surface area contributed by atoms with Gasteiger partial charge >= 0.3 is 0 Å². The van der Waals surface area contributed by atoms with Crippen molar-refractivity contribution >= 4 is 72.0 Å². The number of nitrogens with zero attached hydrogens (tertiary/aromatic N) is 2. The fourth-order valence-corrected chi connectivity index (χ4v) is 6.83. The van der Waals surface area contributed by atoms with E-state index in [2.05, 4.69) is 102 Å². The first-order valence-electron chi connectivity index (χ1n) is 15.9. The van der Waals surface area contributed by atoms with E-state index in [0.717, 1.165) is 88.7 Å². The Labute approximate surface area is 274 Å². The predicted octanol–water partition coefficient (Wildman–Crippen LogP) is 12.4. The summed E-state index contributed by atoms with van der Waals surface area (Å²) in [4.78, 5) is 7.06. The predicted molar refractivity (Wildman–Crippen MR) is 194 cm³/mol. The summed E-state index contributed by atoms with van der Waals surface area (Å²) >= 11 is 0. The summed E-state index contributed by atoms with van der Waals surface area (Å²) in [5, 5.41) is 4.13. The van der Waals surface area contributed by atoms with Crippen LogP contribution in [-0.4, -0.2) is 4.98 Å². The summed E-state index contributed by atoms with van der Waals surface area (Å²) in [5.74, 6) is 0.601. The Morgan fingerprint density at radius 2 is 1.08 bits per heavy atom. The Balaban J connectivity index is 1.09. The number of para-hydroxylation sites is 2. The van der Waals surface area contributed by atoms with Crippen LogP contribution in [0, 0.1) is 0 Å². The molecular weight excluding hydrogens is 592 g/mol. The molecule has 0 saturated carbocycles. The number of benzene rings is 7. The monoisotopic (exact) mass is 618 g/mol. The first kappa shape index (κ1) is 26.6. The Kier molecular flexibility index (Phi) is 5.81. The lowest BCUT2D eigenvalue weighted by Gasteiger charge is -2.26. The van der Waals surface area contributed by atoms with Gasteiger partial charge in [-0.1, -0.05) is 72.8 Å². The van der Waals surface area contributed by atoms with Gasteiger partial charge in [-0.25, -0.2) is 4.98 Å². The van der Waals surface area contributed by atoms with Crippen LogP contribution >= 0.6 is 0 Å². The fraction of sp³-hybridized carbons (Fsp3) is 0. The molecule has 0 spiro atoms. The molecule has 5 heteroatoms. The molecule has 10 aromatic rings. The van der Waals surface area contributed by atoms with Crippen molar-refractivity contribution in [3.8, 4) is 22.6 Å². The molecule has 0 aliphatic heterocycles. The second-order valence-corrected chi connectivity index (χ2v) is 12.0. The fourth-order valence-electron chi connectivity index (χ4n) is 6.83. The van der Waals surface area contributed by atoms with Crippen molar-refractivity contribution in [2.45, 2.75) is 0 Å². The topological polar surface area (TPSA) is 55.6 Å². The SMILES string of the molecule is c1ccc(-c2nc3ccc4oc5cc(-c6cccc(N(c7ccccc7)c7ccc8oc9ccccc9c8c7)c6)ccc5c4c3o2)cc1. The first-order valence-corrected chi connectivity index (χ1v) is 15.9. The summed E-state index contributed by atoms with van der Waals surface area (Å²) in [7, 11) is 0. The minimum absolute atomic E-state index is 0.601. The maximum absolute atomic E-state index is 6.42. The quantitative estimate of drug-likeness (QED) is 0.192. The number of oxazole rings is 1. The van der Waals surface area contributed by atoms with Gasteiger partial charge in [0.05, 0.1) is 5.39 Å². The third kappa shape index (κ3) is 4.22. The minimum Gasteiger partial charge on any atom is -0.456 e. The molecule has 5 nitrogen and oxygen atoms in total. The van der Waals surface area contributed by atoms with Gasteiger partial charge in [-0.15, -0.1) is 0 Å². The molecule has 3 aromatic heterocycles. The second kappa shape index (κ2) is 10.5. The molecule has 0 radical (unpaired) electrons. The number of fused-ring (bicyclic) bond motifs is 8. The largest absolute Gasteiger partial charge is 0.456 e. The van der Waals surface area contributed by atoms with Gasteiger partial charge in [0, 0.05) is 38.8 Å². The number of hydrogen-bond donors (Lipinski definition) is 0. The molecule has 0 aliphatic carbocycles. The molecule has 10 rings (SSSR count). The van der Waals surface area contributed by atoms with Crippen molar-refractivity contribution in [1.82, 2.24) is 4.98 Å². The highest BCUT2D eigenvalue weighted by Gasteiger charge is 2.19. The van der Waals surface area contributed by atoms with Gasteiger partial charge in [-0.3, -0.25) is 0 Å². The van der Waals surface area contributed by atoms with Crippen LogP contribution < -0.4 is 4.90 Å². The standard InChI is InChI=1S/C43H26N2O3/c1-3-10-27(11-4-1)43-44-36-21-23-39-41(42(36)48-43)34-20-18-29(25-40(34)47-39)28-12-9-15-31(24-28)45(30-13-5-2-6-14-30)32-19-22-38-35(26-32)33-16-7-8-17-37(33)46-38/h1-26H. The average molecular weight is 619 g/mol. The van der Waals surface area contributed by atoms with Crippen LogP contribution in [0.15, 0.2) is 171 Å². The molecule has 226 valence electrons. The highest BCUT2D eigenvalue weighted by Crippen LogP contribution is 2.41. The summed E-state index contributed by atoms with van der Waals surface area (Å²) in [6, 6.07) is 54.0. The van der Waals surface area contributed by atoms with Gasteiger partial charge in [0.25, 0.3) is 0 Å². The Morgan fingerprint density at radius 3 is 1.98 bits per heavy atom. The van der Waals surface area contributed by atoms with Gasteiger partial charge in [0.15, 0.2) is 5.58 Å². The van der Waals surface area contributed by atoms with Crippen LogP contribution in [-0.2, 0) is 0 Å². The molecule has 0 aliphatic rings. The smallest absolute Gasteiger partial charge is 0.227 e. The molecular formula is C43H26N2O3. The highest BCUT2D eigenvalue weighted by molar-refractivity contribution is 6.17. The van der Waals surface area contributed by atoms with E-state index in [1.165, 1.54) is 0 Å². The summed E-state index contributed by atoms with van der Waals surface area (Å²) in [6.45, 7) is 0. The van der Waals surface area contributed by atoms with Crippen LogP contribution in [0.5, 0.6) is 0 Å². The molecule has 0 bridgehead atoms. The van der Waals surface area contributed by atoms with Crippen molar-refractivity contribution in [3.63, 3.8) is 0 Å². The zero-order valence-electron chi connectivity index (χ0n) is 25.6. The maximum Gasteiger partial charge on any atom is 0.227 e. The van der Waals surface area contributed by atoms with Crippen LogP contribution in [0.25, 0.3) is 77.6 Å².